The molecule has 4 nitrogen and oxygen atoms in total. The van der Waals surface area contributed by atoms with Gasteiger partial charge < -0.3 is 15.0 Å². The van der Waals surface area contributed by atoms with Gasteiger partial charge in [-0.2, -0.15) is 0 Å². The average molecular weight is 300 g/mol. The summed E-state index contributed by atoms with van der Waals surface area (Å²) in [5.41, 5.74) is -0.354. The summed E-state index contributed by atoms with van der Waals surface area (Å²) in [6.45, 7) is 5.56. The van der Waals surface area contributed by atoms with Crippen LogP contribution in [0.25, 0.3) is 0 Å². The molecule has 0 spiro atoms. The molecule has 0 aliphatic carbocycles. The van der Waals surface area contributed by atoms with Gasteiger partial charge in [0.2, 0.25) is 0 Å². The first-order valence-electron chi connectivity index (χ1n) is 6.89. The first-order chi connectivity index (χ1) is 9.88. The van der Waals surface area contributed by atoms with Crippen molar-refractivity contribution in [2.75, 3.05) is 32.6 Å². The minimum atomic E-state index is -1.19. The smallest absolute Gasteiger partial charge is 0.340 e. The third-order valence-corrected chi connectivity index (χ3v) is 3.37. The first-order valence-corrected chi connectivity index (χ1v) is 6.89. The van der Waals surface area contributed by atoms with Crippen molar-refractivity contribution >= 4 is 11.7 Å². The standard InChI is InChI=1S/C15H22F2N2O2/c1-10(2)19(3)9-5-8-18-12-7-6-11(15(20)21-4)13(16)14(12)17/h6-7,10,18H,5,8-9H2,1-4H3. The molecule has 0 unspecified atom stereocenters. The Labute approximate surface area is 124 Å². The third-order valence-electron chi connectivity index (χ3n) is 3.37. The third kappa shape index (κ3) is 4.67. The first kappa shape index (κ1) is 17.4. The molecule has 0 heterocycles. The summed E-state index contributed by atoms with van der Waals surface area (Å²) in [6, 6.07) is 3.00. The number of ether oxygens (including phenoxy) is 1. The molecule has 0 saturated heterocycles. The number of esters is 1. The van der Waals surface area contributed by atoms with Crippen molar-refractivity contribution in [1.29, 1.82) is 0 Å². The van der Waals surface area contributed by atoms with Crippen LogP contribution in [-0.4, -0.2) is 44.2 Å². The molecule has 21 heavy (non-hydrogen) atoms. The SMILES string of the molecule is COC(=O)c1ccc(NCCCN(C)C(C)C)c(F)c1F. The lowest BCUT2D eigenvalue weighted by atomic mass is 10.1. The second-order valence-corrected chi connectivity index (χ2v) is 5.13. The van der Waals surface area contributed by atoms with E-state index in [0.29, 0.717) is 12.6 Å². The number of benzene rings is 1. The van der Waals surface area contributed by atoms with E-state index in [0.717, 1.165) is 20.1 Å². The highest BCUT2D eigenvalue weighted by atomic mass is 19.2. The second kappa shape index (κ2) is 7.93. The van der Waals surface area contributed by atoms with Gasteiger partial charge in [-0.15, -0.1) is 0 Å². The Hall–Kier alpha value is -1.69. The maximum Gasteiger partial charge on any atom is 0.340 e. The largest absolute Gasteiger partial charge is 0.465 e. The lowest BCUT2D eigenvalue weighted by Gasteiger charge is -2.21. The van der Waals surface area contributed by atoms with Crippen molar-refractivity contribution in [3.05, 3.63) is 29.3 Å². The van der Waals surface area contributed by atoms with Crippen molar-refractivity contribution in [3.63, 3.8) is 0 Å². The highest BCUT2D eigenvalue weighted by molar-refractivity contribution is 5.90. The Balaban J connectivity index is 2.61. The van der Waals surface area contributed by atoms with E-state index in [2.05, 4.69) is 28.8 Å². The van der Waals surface area contributed by atoms with Crippen molar-refractivity contribution in [1.82, 2.24) is 4.90 Å². The van der Waals surface area contributed by atoms with Gasteiger partial charge in [-0.3, -0.25) is 0 Å². The Kier molecular flexibility index (Phi) is 6.55. The van der Waals surface area contributed by atoms with Crippen molar-refractivity contribution in [2.45, 2.75) is 26.3 Å². The Morgan fingerprint density at radius 2 is 2.00 bits per heavy atom. The molecule has 1 rings (SSSR count). The van der Waals surface area contributed by atoms with Gasteiger partial charge in [0.05, 0.1) is 18.4 Å². The highest BCUT2D eigenvalue weighted by Crippen LogP contribution is 2.21. The Morgan fingerprint density at radius 3 is 2.57 bits per heavy atom. The zero-order chi connectivity index (χ0) is 16.0. The number of nitrogens with one attached hydrogen (secondary N) is 1. The van der Waals surface area contributed by atoms with E-state index in [1.54, 1.807) is 0 Å². The molecular formula is C15H22F2N2O2. The molecule has 0 atom stereocenters. The van der Waals surface area contributed by atoms with Gasteiger partial charge >= 0.3 is 5.97 Å². The summed E-state index contributed by atoms with van der Waals surface area (Å²) in [4.78, 5) is 13.4. The zero-order valence-corrected chi connectivity index (χ0v) is 12.9. The summed E-state index contributed by atoms with van der Waals surface area (Å²) in [6.07, 6.45) is 0.800. The summed E-state index contributed by atoms with van der Waals surface area (Å²) in [5.74, 6) is -3.14. The number of carbonyl (C=O) groups excluding carboxylic acids is 1. The van der Waals surface area contributed by atoms with Gasteiger partial charge in [-0.05, 0) is 46.0 Å². The van der Waals surface area contributed by atoms with Gasteiger partial charge in [0.25, 0.3) is 0 Å². The topological polar surface area (TPSA) is 41.6 Å². The summed E-state index contributed by atoms with van der Waals surface area (Å²) < 4.78 is 31.9. The van der Waals surface area contributed by atoms with E-state index in [4.69, 9.17) is 0 Å². The molecule has 1 N–H and O–H groups in total. The van der Waals surface area contributed by atoms with Gasteiger partial charge in [-0.25, -0.2) is 13.6 Å². The zero-order valence-electron chi connectivity index (χ0n) is 12.9. The molecular weight excluding hydrogens is 278 g/mol. The van der Waals surface area contributed by atoms with Crippen LogP contribution < -0.4 is 5.32 Å². The van der Waals surface area contributed by atoms with Gasteiger partial charge in [0.1, 0.15) is 0 Å². The Bertz CT molecular complexity index is 493. The van der Waals surface area contributed by atoms with E-state index in [1.807, 2.05) is 7.05 Å². The average Bonchev–Trinajstić information content (AvgIpc) is 2.46. The minimum absolute atomic E-state index is 0.0485. The molecule has 0 aliphatic rings. The molecule has 0 bridgehead atoms. The maximum atomic E-state index is 13.8. The van der Waals surface area contributed by atoms with Crippen LogP contribution in [0.15, 0.2) is 12.1 Å². The Morgan fingerprint density at radius 1 is 1.33 bits per heavy atom. The fourth-order valence-electron chi connectivity index (χ4n) is 1.76. The van der Waals surface area contributed by atoms with Crippen molar-refractivity contribution in [3.8, 4) is 0 Å². The predicted octanol–water partition coefficient (Wildman–Crippen LogP) is 2.89. The molecule has 0 amide bonds. The molecule has 118 valence electrons. The molecule has 0 saturated carbocycles. The van der Waals surface area contributed by atoms with Gasteiger partial charge in [0.15, 0.2) is 11.6 Å². The van der Waals surface area contributed by atoms with Gasteiger partial charge in [0, 0.05) is 12.6 Å². The monoisotopic (exact) mass is 300 g/mol. The molecule has 1 aromatic carbocycles. The predicted molar refractivity (Wildman–Crippen MR) is 78.6 cm³/mol. The van der Waals surface area contributed by atoms with E-state index >= 15 is 0 Å². The number of hydrogen-bond donors (Lipinski definition) is 1. The molecule has 6 heteroatoms. The van der Waals surface area contributed by atoms with E-state index in [1.165, 1.54) is 12.1 Å². The van der Waals surface area contributed by atoms with Gasteiger partial charge in [-0.1, -0.05) is 0 Å². The van der Waals surface area contributed by atoms with Crippen LogP contribution in [0.2, 0.25) is 0 Å². The normalized spacial score (nSPS) is 11.0. The van der Waals surface area contributed by atoms with E-state index in [9.17, 15) is 13.6 Å². The van der Waals surface area contributed by atoms with E-state index < -0.39 is 23.2 Å². The van der Waals surface area contributed by atoms with Crippen LogP contribution in [0.4, 0.5) is 14.5 Å². The quantitative estimate of drug-likeness (QED) is 0.621. The number of halogens is 2. The number of carbonyl (C=O) groups is 1. The number of methoxy groups -OCH3 is 1. The van der Waals surface area contributed by atoms with Crippen LogP contribution >= 0.6 is 0 Å². The fourth-order valence-corrected chi connectivity index (χ4v) is 1.76. The molecule has 0 aromatic heterocycles. The molecule has 1 aromatic rings. The summed E-state index contributed by atoms with van der Waals surface area (Å²) in [7, 11) is 3.13. The van der Waals surface area contributed by atoms with Crippen LogP contribution in [-0.2, 0) is 4.74 Å². The second-order valence-electron chi connectivity index (χ2n) is 5.13. The number of nitrogens with zero attached hydrogens (tertiary/aromatic N) is 1. The van der Waals surface area contributed by atoms with Crippen LogP contribution in [0, 0.1) is 11.6 Å². The van der Waals surface area contributed by atoms with Crippen molar-refractivity contribution < 1.29 is 18.3 Å². The van der Waals surface area contributed by atoms with Crippen LogP contribution in [0.3, 0.4) is 0 Å². The maximum absolute atomic E-state index is 13.8. The van der Waals surface area contributed by atoms with E-state index in [-0.39, 0.29) is 5.69 Å². The molecule has 0 radical (unpaired) electrons. The number of anilines is 1. The van der Waals surface area contributed by atoms with Crippen molar-refractivity contribution in [2.24, 2.45) is 0 Å². The van der Waals surface area contributed by atoms with Crippen LogP contribution in [0.5, 0.6) is 0 Å². The van der Waals surface area contributed by atoms with Crippen LogP contribution in [0.1, 0.15) is 30.6 Å². The minimum Gasteiger partial charge on any atom is -0.465 e. The molecule has 0 fully saturated rings. The highest BCUT2D eigenvalue weighted by Gasteiger charge is 2.18. The number of hydrogen-bond acceptors (Lipinski definition) is 4. The lowest BCUT2D eigenvalue weighted by molar-refractivity contribution is 0.0594. The molecule has 0 aliphatic heterocycles. The number of rotatable bonds is 7. The summed E-state index contributed by atoms with van der Waals surface area (Å²) >= 11 is 0. The lowest BCUT2D eigenvalue weighted by Crippen LogP contribution is -2.28. The summed E-state index contributed by atoms with van der Waals surface area (Å²) in [5, 5.41) is 2.84. The fraction of sp³-hybridized carbons (Fsp3) is 0.533.